The van der Waals surface area contributed by atoms with Crippen molar-refractivity contribution in [2.45, 2.75) is 41.0 Å². The summed E-state index contributed by atoms with van der Waals surface area (Å²) in [5.74, 6) is -0.409. The van der Waals surface area contributed by atoms with Crippen LogP contribution < -0.4 is 0 Å². The number of rotatable bonds is 5. The number of carbonyl (C=O) groups excluding carboxylic acids is 1. The van der Waals surface area contributed by atoms with E-state index in [2.05, 4.69) is 37.3 Å². The second-order valence-electron chi connectivity index (χ2n) is 6.88. The molecule has 0 bridgehead atoms. The van der Waals surface area contributed by atoms with Crippen LogP contribution in [0.3, 0.4) is 0 Å². The molecule has 0 aliphatic rings. The van der Waals surface area contributed by atoms with Gasteiger partial charge in [0.25, 0.3) is 0 Å². The minimum atomic E-state index is -0.409. The molecule has 1 heterocycles. The molecule has 0 aliphatic heterocycles. The Morgan fingerprint density at radius 2 is 1.70 bits per heavy atom. The van der Waals surface area contributed by atoms with Crippen LogP contribution >= 0.6 is 0 Å². The molecule has 0 saturated carbocycles. The molecule has 0 fully saturated rings. The molecule has 3 aromatic rings. The molecule has 0 unspecified atom stereocenters. The zero-order chi connectivity index (χ0) is 22.3. The molecule has 3 rings (SSSR count). The van der Waals surface area contributed by atoms with Crippen LogP contribution in [-0.4, -0.2) is 17.1 Å². The average molecular weight is 403 g/mol. The smallest absolute Gasteiger partial charge is 0.355 e. The first-order chi connectivity index (χ1) is 14.5. The molecule has 2 aromatic carbocycles. The van der Waals surface area contributed by atoms with Crippen LogP contribution in [0.15, 0.2) is 48.5 Å². The number of esters is 1. The van der Waals surface area contributed by atoms with Gasteiger partial charge in [-0.05, 0) is 49.4 Å². The summed E-state index contributed by atoms with van der Waals surface area (Å²) in [6.07, 6.45) is 0.844. The number of carbonyl (C=O) groups is 1. The number of benzene rings is 2. The normalized spacial score (nSPS) is 10.0. The van der Waals surface area contributed by atoms with Gasteiger partial charge in [0.15, 0.2) is 0 Å². The third-order valence-electron chi connectivity index (χ3n) is 5.17. The van der Waals surface area contributed by atoms with Crippen molar-refractivity contribution >= 4 is 5.97 Å². The van der Waals surface area contributed by atoms with Gasteiger partial charge in [0, 0.05) is 18.3 Å². The molecule has 0 aliphatic carbocycles. The number of ether oxygens (including phenoxy) is 1. The van der Waals surface area contributed by atoms with E-state index in [0.717, 1.165) is 17.7 Å². The maximum absolute atomic E-state index is 12.5. The molecule has 0 radical (unpaired) electrons. The van der Waals surface area contributed by atoms with Crippen molar-refractivity contribution in [3.63, 3.8) is 0 Å². The predicted octanol–water partition coefficient (Wildman–Crippen LogP) is 5.97. The molecule has 0 atom stereocenters. The van der Waals surface area contributed by atoms with Gasteiger partial charge < -0.3 is 9.30 Å². The van der Waals surface area contributed by atoms with Crippen LogP contribution in [0.4, 0.5) is 0 Å². The van der Waals surface area contributed by atoms with Crippen molar-refractivity contribution in [3.8, 4) is 17.2 Å². The number of nitriles is 1. The predicted molar refractivity (Wildman–Crippen MR) is 122 cm³/mol. The third-order valence-corrected chi connectivity index (χ3v) is 5.17. The Morgan fingerprint density at radius 1 is 1.07 bits per heavy atom. The van der Waals surface area contributed by atoms with Gasteiger partial charge in [-0.2, -0.15) is 5.26 Å². The van der Waals surface area contributed by atoms with Gasteiger partial charge in [-0.25, -0.2) is 4.79 Å². The summed E-state index contributed by atoms with van der Waals surface area (Å²) >= 11 is 0. The van der Waals surface area contributed by atoms with E-state index < -0.39 is 5.97 Å². The lowest BCUT2D eigenvalue weighted by Crippen LogP contribution is -2.11. The van der Waals surface area contributed by atoms with Crippen LogP contribution in [0.25, 0.3) is 11.1 Å². The van der Waals surface area contributed by atoms with Gasteiger partial charge in [0.1, 0.15) is 11.8 Å². The van der Waals surface area contributed by atoms with E-state index in [1.807, 2.05) is 45.0 Å². The highest BCUT2D eigenvalue weighted by Crippen LogP contribution is 2.33. The zero-order valence-electron chi connectivity index (χ0n) is 18.7. The molecule has 0 spiro atoms. The summed E-state index contributed by atoms with van der Waals surface area (Å²) in [5, 5.41) is 9.67. The van der Waals surface area contributed by atoms with Crippen molar-refractivity contribution in [2.24, 2.45) is 7.05 Å². The maximum atomic E-state index is 12.5. The summed E-state index contributed by atoms with van der Waals surface area (Å²) in [6.45, 7) is 10.0. The van der Waals surface area contributed by atoms with Crippen LogP contribution in [0, 0.1) is 25.2 Å². The molecule has 4 heteroatoms. The Morgan fingerprint density at radius 3 is 2.27 bits per heavy atom. The highest BCUT2D eigenvalue weighted by Gasteiger charge is 2.25. The Kier molecular flexibility index (Phi) is 8.00. The van der Waals surface area contributed by atoms with Crippen molar-refractivity contribution < 1.29 is 9.53 Å². The fourth-order valence-corrected chi connectivity index (χ4v) is 3.48. The Balaban J connectivity index is 0.00000155. The molecular formula is C26H30N2O2. The average Bonchev–Trinajstić information content (AvgIpc) is 3.02. The van der Waals surface area contributed by atoms with Crippen LogP contribution in [-0.2, 0) is 18.2 Å². The lowest BCUT2D eigenvalue weighted by atomic mass is 9.96. The van der Waals surface area contributed by atoms with E-state index in [9.17, 15) is 10.1 Å². The second-order valence-corrected chi connectivity index (χ2v) is 6.88. The van der Waals surface area contributed by atoms with Crippen molar-refractivity contribution in [1.82, 2.24) is 4.57 Å². The van der Waals surface area contributed by atoms with Gasteiger partial charge in [0.05, 0.1) is 12.2 Å². The van der Waals surface area contributed by atoms with E-state index in [-0.39, 0.29) is 0 Å². The number of hydrogen-bond acceptors (Lipinski definition) is 3. The van der Waals surface area contributed by atoms with E-state index >= 15 is 0 Å². The van der Waals surface area contributed by atoms with Crippen molar-refractivity contribution in [1.29, 1.82) is 5.26 Å². The van der Waals surface area contributed by atoms with Crippen molar-refractivity contribution in [3.05, 3.63) is 82.2 Å². The van der Waals surface area contributed by atoms with E-state index in [4.69, 9.17) is 4.74 Å². The standard InChI is InChI=1S/C24H24N2O2.C2H6/c1-5-28-24(27)23-22(21(15-25)17(3)26(23)4)19-12-10-18(11-13-19)14-20-9-7-6-8-16(20)2;1-2/h6-13H,5,14H2,1-4H3;1-2H3. The number of nitrogens with zero attached hydrogens (tertiary/aromatic N) is 2. The summed E-state index contributed by atoms with van der Waals surface area (Å²) in [5.41, 5.74) is 6.91. The number of aromatic nitrogens is 1. The lowest BCUT2D eigenvalue weighted by molar-refractivity contribution is 0.0516. The molecule has 0 N–H and O–H groups in total. The SMILES string of the molecule is CC.CCOC(=O)c1c(-c2ccc(Cc3ccccc3C)cc2)c(C#N)c(C)n1C. The number of aryl methyl sites for hydroxylation is 1. The fourth-order valence-electron chi connectivity index (χ4n) is 3.48. The fraction of sp³-hybridized carbons (Fsp3) is 0.308. The highest BCUT2D eigenvalue weighted by molar-refractivity contribution is 5.98. The van der Waals surface area contributed by atoms with Crippen LogP contribution in [0.1, 0.15) is 59.2 Å². The minimum absolute atomic E-state index is 0.291. The molecular weight excluding hydrogens is 372 g/mol. The van der Waals surface area contributed by atoms with Crippen LogP contribution in [0.5, 0.6) is 0 Å². The molecule has 4 nitrogen and oxygen atoms in total. The molecule has 0 saturated heterocycles. The number of hydrogen-bond donors (Lipinski definition) is 0. The van der Waals surface area contributed by atoms with Gasteiger partial charge in [-0.3, -0.25) is 0 Å². The first-order valence-corrected chi connectivity index (χ1v) is 10.4. The summed E-state index contributed by atoms with van der Waals surface area (Å²) < 4.78 is 6.97. The monoisotopic (exact) mass is 402 g/mol. The van der Waals surface area contributed by atoms with Gasteiger partial charge >= 0.3 is 5.97 Å². The van der Waals surface area contributed by atoms with Crippen LogP contribution in [0.2, 0.25) is 0 Å². The molecule has 30 heavy (non-hydrogen) atoms. The quantitative estimate of drug-likeness (QED) is 0.494. The topological polar surface area (TPSA) is 55.0 Å². The lowest BCUT2D eigenvalue weighted by Gasteiger charge is -2.09. The van der Waals surface area contributed by atoms with E-state index in [1.165, 1.54) is 16.7 Å². The first-order valence-electron chi connectivity index (χ1n) is 10.4. The Labute approximate surface area is 179 Å². The van der Waals surface area contributed by atoms with Crippen molar-refractivity contribution in [2.75, 3.05) is 6.61 Å². The summed E-state index contributed by atoms with van der Waals surface area (Å²) in [6, 6.07) is 18.7. The second kappa shape index (κ2) is 10.5. The molecule has 156 valence electrons. The Bertz CT molecular complexity index is 1050. The Hall–Kier alpha value is -3.32. The van der Waals surface area contributed by atoms with Gasteiger partial charge in [-0.15, -0.1) is 0 Å². The first kappa shape index (κ1) is 23.0. The molecule has 1 aromatic heterocycles. The minimum Gasteiger partial charge on any atom is -0.461 e. The third kappa shape index (κ3) is 4.63. The summed E-state index contributed by atoms with van der Waals surface area (Å²) in [7, 11) is 1.79. The van der Waals surface area contributed by atoms with Gasteiger partial charge in [-0.1, -0.05) is 62.4 Å². The van der Waals surface area contributed by atoms with E-state index in [1.54, 1.807) is 18.5 Å². The summed E-state index contributed by atoms with van der Waals surface area (Å²) in [4.78, 5) is 12.5. The largest absolute Gasteiger partial charge is 0.461 e. The maximum Gasteiger partial charge on any atom is 0.355 e. The van der Waals surface area contributed by atoms with Gasteiger partial charge in [0.2, 0.25) is 0 Å². The zero-order valence-corrected chi connectivity index (χ0v) is 18.7. The molecule has 0 amide bonds. The highest BCUT2D eigenvalue weighted by atomic mass is 16.5. The van der Waals surface area contributed by atoms with E-state index in [0.29, 0.717) is 23.4 Å².